The van der Waals surface area contributed by atoms with Gasteiger partial charge in [-0.15, -0.1) is 10.2 Å². The van der Waals surface area contributed by atoms with Crippen LogP contribution in [0.4, 0.5) is 0 Å². The molecular formula is C30H29N3O. The molecule has 1 aromatic heterocycles. The Kier molecular flexibility index (Phi) is 5.54. The summed E-state index contributed by atoms with van der Waals surface area (Å²) in [4.78, 5) is 1.71. The van der Waals surface area contributed by atoms with Crippen LogP contribution in [0.5, 0.6) is 0 Å². The molecule has 0 radical (unpaired) electrons. The number of aliphatic hydroxyl groups excluding tert-OH is 1. The van der Waals surface area contributed by atoms with Gasteiger partial charge in [0.15, 0.2) is 0 Å². The minimum Gasteiger partial charge on any atom is -0.395 e. The van der Waals surface area contributed by atoms with Gasteiger partial charge in [0.25, 0.3) is 0 Å². The molecule has 0 bridgehead atoms. The summed E-state index contributed by atoms with van der Waals surface area (Å²) in [5.74, 6) is 0. The molecule has 0 saturated carbocycles. The minimum atomic E-state index is -0.578. The molecule has 0 aliphatic rings. The SMILES string of the molecule is CC(C)(c1ccccc1)c1cc(-n2nc3ccccc3n2)cc(C(C)(CO)c2ccccc2)c1. The van der Waals surface area contributed by atoms with Gasteiger partial charge in [0, 0.05) is 10.8 Å². The van der Waals surface area contributed by atoms with E-state index < -0.39 is 5.41 Å². The van der Waals surface area contributed by atoms with Gasteiger partial charge in [-0.3, -0.25) is 0 Å². The number of hydrogen-bond acceptors (Lipinski definition) is 3. The van der Waals surface area contributed by atoms with Crippen molar-refractivity contribution in [1.29, 1.82) is 0 Å². The normalized spacial score (nSPS) is 13.6. The van der Waals surface area contributed by atoms with E-state index in [9.17, 15) is 5.11 Å². The van der Waals surface area contributed by atoms with Gasteiger partial charge in [0.2, 0.25) is 0 Å². The van der Waals surface area contributed by atoms with Gasteiger partial charge in [-0.05, 0) is 53.4 Å². The molecule has 1 heterocycles. The van der Waals surface area contributed by atoms with Crippen LogP contribution < -0.4 is 0 Å². The Bertz CT molecular complexity index is 1390. The van der Waals surface area contributed by atoms with Crippen LogP contribution in [-0.2, 0) is 10.8 Å². The van der Waals surface area contributed by atoms with Crippen molar-refractivity contribution in [2.45, 2.75) is 31.6 Å². The first-order chi connectivity index (χ1) is 16.4. The van der Waals surface area contributed by atoms with Crippen molar-refractivity contribution in [3.63, 3.8) is 0 Å². The average Bonchev–Trinajstić information content (AvgIpc) is 3.33. The third-order valence-corrected chi connectivity index (χ3v) is 7.02. The molecule has 4 aromatic carbocycles. The smallest absolute Gasteiger partial charge is 0.113 e. The second-order valence-corrected chi connectivity index (χ2v) is 9.59. The zero-order valence-corrected chi connectivity index (χ0v) is 19.8. The summed E-state index contributed by atoms with van der Waals surface area (Å²) < 4.78 is 0. The standard InChI is InChI=1S/C30H29N3O/c1-29(2,22-12-6-4-7-13-22)24-18-25(30(3,21-34)23-14-8-5-9-15-23)20-26(19-24)33-31-27-16-10-11-17-28(27)32-33/h4-20,34H,21H2,1-3H3. The molecule has 4 nitrogen and oxygen atoms in total. The van der Waals surface area contributed by atoms with Crippen molar-refractivity contribution in [3.05, 3.63) is 125 Å². The summed E-state index contributed by atoms with van der Waals surface area (Å²) in [6.45, 7) is 6.54. The van der Waals surface area contributed by atoms with Crippen LogP contribution in [-0.4, -0.2) is 26.7 Å². The van der Waals surface area contributed by atoms with Crippen molar-refractivity contribution < 1.29 is 5.11 Å². The highest BCUT2D eigenvalue weighted by Crippen LogP contribution is 2.38. The second-order valence-electron chi connectivity index (χ2n) is 9.59. The third-order valence-electron chi connectivity index (χ3n) is 7.02. The van der Waals surface area contributed by atoms with E-state index in [0.29, 0.717) is 0 Å². The molecule has 5 rings (SSSR count). The molecule has 0 amide bonds. The fraction of sp³-hybridized carbons (Fsp3) is 0.200. The van der Waals surface area contributed by atoms with Crippen molar-refractivity contribution in [1.82, 2.24) is 15.0 Å². The molecule has 5 aromatic rings. The van der Waals surface area contributed by atoms with Gasteiger partial charge < -0.3 is 5.11 Å². The van der Waals surface area contributed by atoms with Crippen LogP contribution in [0.1, 0.15) is 43.0 Å². The molecule has 170 valence electrons. The van der Waals surface area contributed by atoms with Gasteiger partial charge in [-0.2, -0.15) is 4.80 Å². The van der Waals surface area contributed by atoms with Crippen molar-refractivity contribution in [3.8, 4) is 5.69 Å². The number of fused-ring (bicyclic) bond motifs is 1. The van der Waals surface area contributed by atoms with Crippen molar-refractivity contribution in [2.24, 2.45) is 0 Å². The lowest BCUT2D eigenvalue weighted by atomic mass is 9.72. The van der Waals surface area contributed by atoms with E-state index in [0.717, 1.165) is 33.4 Å². The lowest BCUT2D eigenvalue weighted by Crippen LogP contribution is -2.29. The Morgan fingerprint density at radius 2 is 1.12 bits per heavy atom. The molecule has 0 aliphatic carbocycles. The molecule has 1 unspecified atom stereocenters. The summed E-state index contributed by atoms with van der Waals surface area (Å²) in [5.41, 5.74) is 6.20. The number of aromatic nitrogens is 3. The summed E-state index contributed by atoms with van der Waals surface area (Å²) in [6, 6.07) is 35.1. The molecule has 0 saturated heterocycles. The fourth-order valence-corrected chi connectivity index (χ4v) is 4.56. The Morgan fingerprint density at radius 1 is 0.618 bits per heavy atom. The Balaban J connectivity index is 1.75. The van der Waals surface area contributed by atoms with E-state index >= 15 is 0 Å². The fourth-order valence-electron chi connectivity index (χ4n) is 4.56. The minimum absolute atomic E-state index is 0.0137. The van der Waals surface area contributed by atoms with Crippen LogP contribution in [0.3, 0.4) is 0 Å². The van der Waals surface area contributed by atoms with E-state index in [2.05, 4.69) is 75.4 Å². The van der Waals surface area contributed by atoms with Crippen LogP contribution in [0.15, 0.2) is 103 Å². The zero-order chi connectivity index (χ0) is 23.8. The maximum atomic E-state index is 10.6. The van der Waals surface area contributed by atoms with E-state index in [1.54, 1.807) is 4.80 Å². The zero-order valence-electron chi connectivity index (χ0n) is 19.8. The molecule has 1 N–H and O–H groups in total. The molecule has 4 heteroatoms. The monoisotopic (exact) mass is 447 g/mol. The number of hydrogen-bond donors (Lipinski definition) is 1. The number of rotatable bonds is 6. The van der Waals surface area contributed by atoms with Gasteiger partial charge >= 0.3 is 0 Å². The molecule has 0 aliphatic heterocycles. The summed E-state index contributed by atoms with van der Waals surface area (Å²) in [7, 11) is 0. The highest BCUT2D eigenvalue weighted by molar-refractivity contribution is 5.73. The van der Waals surface area contributed by atoms with E-state index in [1.807, 2.05) is 48.5 Å². The third kappa shape index (κ3) is 3.80. The van der Waals surface area contributed by atoms with E-state index in [4.69, 9.17) is 10.2 Å². The van der Waals surface area contributed by atoms with Gasteiger partial charge in [0.1, 0.15) is 11.0 Å². The second kappa shape index (κ2) is 8.54. The quantitative estimate of drug-likeness (QED) is 0.345. The van der Waals surface area contributed by atoms with E-state index in [-0.39, 0.29) is 12.0 Å². The van der Waals surface area contributed by atoms with Crippen LogP contribution in [0, 0.1) is 0 Å². The Labute approximate surface area is 200 Å². The van der Waals surface area contributed by atoms with Crippen LogP contribution >= 0.6 is 0 Å². The molecule has 0 fully saturated rings. The summed E-state index contributed by atoms with van der Waals surface area (Å²) in [5, 5.41) is 20.1. The first-order valence-electron chi connectivity index (χ1n) is 11.6. The van der Waals surface area contributed by atoms with Crippen LogP contribution in [0.25, 0.3) is 16.7 Å². The maximum Gasteiger partial charge on any atom is 0.113 e. The van der Waals surface area contributed by atoms with Gasteiger partial charge in [-0.1, -0.05) is 92.7 Å². The lowest BCUT2D eigenvalue weighted by molar-refractivity contribution is 0.231. The van der Waals surface area contributed by atoms with Crippen molar-refractivity contribution in [2.75, 3.05) is 6.61 Å². The predicted octanol–water partition coefficient (Wildman–Crippen LogP) is 6.04. The van der Waals surface area contributed by atoms with Gasteiger partial charge in [-0.25, -0.2) is 0 Å². The van der Waals surface area contributed by atoms with E-state index in [1.165, 1.54) is 5.56 Å². The largest absolute Gasteiger partial charge is 0.395 e. The number of nitrogens with zero attached hydrogens (tertiary/aromatic N) is 3. The molecule has 34 heavy (non-hydrogen) atoms. The molecule has 1 atom stereocenters. The maximum absolute atomic E-state index is 10.6. The highest BCUT2D eigenvalue weighted by Gasteiger charge is 2.32. The Hall–Kier alpha value is -3.76. The lowest BCUT2D eigenvalue weighted by Gasteiger charge is -2.32. The topological polar surface area (TPSA) is 50.9 Å². The first-order valence-corrected chi connectivity index (χ1v) is 11.6. The molecule has 0 spiro atoms. The number of benzene rings is 4. The summed E-state index contributed by atoms with van der Waals surface area (Å²) in [6.07, 6.45) is 0. The van der Waals surface area contributed by atoms with Crippen LogP contribution in [0.2, 0.25) is 0 Å². The Morgan fingerprint density at radius 3 is 1.68 bits per heavy atom. The predicted molar refractivity (Wildman–Crippen MR) is 137 cm³/mol. The van der Waals surface area contributed by atoms with Crippen molar-refractivity contribution >= 4 is 11.0 Å². The highest BCUT2D eigenvalue weighted by atomic mass is 16.3. The first kappa shape index (κ1) is 22.1. The number of aliphatic hydroxyl groups is 1. The average molecular weight is 448 g/mol. The van der Waals surface area contributed by atoms with Gasteiger partial charge in [0.05, 0.1) is 12.3 Å². The molecular weight excluding hydrogens is 418 g/mol. The summed E-state index contributed by atoms with van der Waals surface area (Å²) >= 11 is 0.